The molecule has 0 aliphatic carbocycles. The lowest BCUT2D eigenvalue weighted by Crippen LogP contribution is -2.45. The quantitative estimate of drug-likeness (QED) is 0.838. The molecule has 1 aliphatic rings. The molecule has 1 saturated heterocycles. The number of aliphatic carboxylic acids is 1. The molecule has 0 spiro atoms. The molecule has 1 amide bonds. The average Bonchev–Trinajstić information content (AvgIpc) is 2.67. The highest BCUT2D eigenvalue weighted by Gasteiger charge is 2.33. The SMILES string of the molecule is CC1CN(C(=O)c2ccccc2OCc2ccc(Cl)cc2)CCC1C(=O)O. The summed E-state index contributed by atoms with van der Waals surface area (Å²) in [7, 11) is 0. The molecule has 2 aromatic rings. The summed E-state index contributed by atoms with van der Waals surface area (Å²) in [4.78, 5) is 26.0. The van der Waals surface area contributed by atoms with E-state index in [0.717, 1.165) is 5.56 Å². The number of likely N-dealkylation sites (tertiary alicyclic amines) is 1. The van der Waals surface area contributed by atoms with E-state index in [1.54, 1.807) is 35.2 Å². The van der Waals surface area contributed by atoms with Gasteiger partial charge in [-0.25, -0.2) is 0 Å². The summed E-state index contributed by atoms with van der Waals surface area (Å²) in [5.74, 6) is -0.878. The number of rotatable bonds is 5. The third-order valence-corrected chi connectivity index (χ3v) is 5.19. The van der Waals surface area contributed by atoms with Crippen LogP contribution in [0.2, 0.25) is 5.02 Å². The number of nitrogens with zero attached hydrogens (tertiary/aromatic N) is 1. The van der Waals surface area contributed by atoms with Crippen LogP contribution >= 0.6 is 11.6 Å². The number of hydrogen-bond donors (Lipinski definition) is 1. The molecule has 5 nitrogen and oxygen atoms in total. The number of piperidine rings is 1. The topological polar surface area (TPSA) is 66.8 Å². The minimum absolute atomic E-state index is 0.0812. The van der Waals surface area contributed by atoms with Crippen LogP contribution in [0.3, 0.4) is 0 Å². The Morgan fingerprint density at radius 1 is 1.19 bits per heavy atom. The Morgan fingerprint density at radius 3 is 2.56 bits per heavy atom. The van der Waals surface area contributed by atoms with E-state index in [0.29, 0.717) is 42.5 Å². The molecule has 0 radical (unpaired) electrons. The van der Waals surface area contributed by atoms with E-state index >= 15 is 0 Å². The monoisotopic (exact) mass is 387 g/mol. The van der Waals surface area contributed by atoms with Gasteiger partial charge in [-0.3, -0.25) is 9.59 Å². The van der Waals surface area contributed by atoms with Crippen LogP contribution in [-0.4, -0.2) is 35.0 Å². The molecular weight excluding hydrogens is 366 g/mol. The molecule has 1 N–H and O–H groups in total. The van der Waals surface area contributed by atoms with Crippen molar-refractivity contribution in [2.24, 2.45) is 11.8 Å². The Hall–Kier alpha value is -2.53. The Kier molecular flexibility index (Phi) is 6.01. The molecule has 2 unspecified atom stereocenters. The summed E-state index contributed by atoms with van der Waals surface area (Å²) in [5.41, 5.74) is 1.45. The van der Waals surface area contributed by atoms with Crippen molar-refractivity contribution >= 4 is 23.5 Å². The Morgan fingerprint density at radius 2 is 1.89 bits per heavy atom. The second kappa shape index (κ2) is 8.44. The number of ether oxygens (including phenoxy) is 1. The molecule has 3 rings (SSSR count). The fraction of sp³-hybridized carbons (Fsp3) is 0.333. The van der Waals surface area contributed by atoms with Crippen molar-refractivity contribution in [1.29, 1.82) is 0 Å². The largest absolute Gasteiger partial charge is 0.488 e. The van der Waals surface area contributed by atoms with Crippen molar-refractivity contribution in [2.75, 3.05) is 13.1 Å². The highest BCUT2D eigenvalue weighted by atomic mass is 35.5. The zero-order valence-electron chi connectivity index (χ0n) is 15.1. The number of carboxylic acid groups (broad SMARTS) is 1. The molecule has 27 heavy (non-hydrogen) atoms. The van der Waals surface area contributed by atoms with Gasteiger partial charge in [0.2, 0.25) is 0 Å². The van der Waals surface area contributed by atoms with E-state index in [-0.39, 0.29) is 11.8 Å². The smallest absolute Gasteiger partial charge is 0.306 e. The Labute approximate surface area is 163 Å². The third-order valence-electron chi connectivity index (χ3n) is 4.93. The van der Waals surface area contributed by atoms with Gasteiger partial charge in [0.15, 0.2) is 0 Å². The normalized spacial score (nSPS) is 19.6. The predicted molar refractivity (Wildman–Crippen MR) is 103 cm³/mol. The first-order valence-electron chi connectivity index (χ1n) is 8.94. The number of para-hydroxylation sites is 1. The molecule has 1 heterocycles. The van der Waals surface area contributed by atoms with Gasteiger partial charge < -0.3 is 14.7 Å². The molecule has 1 fully saturated rings. The summed E-state index contributed by atoms with van der Waals surface area (Å²) in [6, 6.07) is 14.5. The molecule has 0 bridgehead atoms. The number of benzene rings is 2. The molecule has 142 valence electrons. The van der Waals surface area contributed by atoms with Crippen LogP contribution in [-0.2, 0) is 11.4 Å². The van der Waals surface area contributed by atoms with Crippen LogP contribution in [0.25, 0.3) is 0 Å². The number of amides is 1. The first kappa shape index (κ1) is 19.2. The predicted octanol–water partition coefficient (Wildman–Crippen LogP) is 4.10. The third kappa shape index (κ3) is 4.61. The van der Waals surface area contributed by atoms with Gasteiger partial charge in [0.1, 0.15) is 12.4 Å². The molecule has 6 heteroatoms. The fourth-order valence-electron chi connectivity index (χ4n) is 3.38. The fourth-order valence-corrected chi connectivity index (χ4v) is 3.50. The molecule has 2 atom stereocenters. The summed E-state index contributed by atoms with van der Waals surface area (Å²) in [5, 5.41) is 9.92. The maximum Gasteiger partial charge on any atom is 0.306 e. The molecule has 2 aromatic carbocycles. The van der Waals surface area contributed by atoms with Crippen LogP contribution in [0.5, 0.6) is 5.75 Å². The molecule has 1 aliphatic heterocycles. The van der Waals surface area contributed by atoms with Crippen molar-refractivity contribution < 1.29 is 19.4 Å². The van der Waals surface area contributed by atoms with E-state index in [4.69, 9.17) is 16.3 Å². The average molecular weight is 388 g/mol. The van der Waals surface area contributed by atoms with Crippen LogP contribution in [0.4, 0.5) is 0 Å². The van der Waals surface area contributed by atoms with Gasteiger partial charge in [0.25, 0.3) is 5.91 Å². The number of hydrogen-bond acceptors (Lipinski definition) is 3. The van der Waals surface area contributed by atoms with Crippen molar-refractivity contribution in [2.45, 2.75) is 20.0 Å². The van der Waals surface area contributed by atoms with Crippen molar-refractivity contribution in [3.63, 3.8) is 0 Å². The second-order valence-electron chi connectivity index (χ2n) is 6.87. The first-order chi connectivity index (χ1) is 13.0. The van der Waals surface area contributed by atoms with Gasteiger partial charge in [0, 0.05) is 18.1 Å². The van der Waals surface area contributed by atoms with E-state index in [1.165, 1.54) is 0 Å². The maximum atomic E-state index is 13.0. The number of carboxylic acids is 1. The minimum atomic E-state index is -0.790. The van der Waals surface area contributed by atoms with Crippen LogP contribution in [0, 0.1) is 11.8 Å². The summed E-state index contributed by atoms with van der Waals surface area (Å²) in [6.07, 6.45) is 0.468. The van der Waals surface area contributed by atoms with Crippen LogP contribution in [0.15, 0.2) is 48.5 Å². The van der Waals surface area contributed by atoms with Crippen molar-refractivity contribution in [3.8, 4) is 5.75 Å². The van der Waals surface area contributed by atoms with Crippen molar-refractivity contribution in [3.05, 3.63) is 64.7 Å². The number of carbonyl (C=O) groups excluding carboxylic acids is 1. The summed E-state index contributed by atoms with van der Waals surface area (Å²) >= 11 is 5.90. The second-order valence-corrected chi connectivity index (χ2v) is 7.31. The van der Waals surface area contributed by atoms with E-state index in [2.05, 4.69) is 0 Å². The molecule has 0 saturated carbocycles. The molecular formula is C21H22ClNO4. The lowest BCUT2D eigenvalue weighted by Gasteiger charge is -2.35. The summed E-state index contributed by atoms with van der Waals surface area (Å²) in [6.45, 7) is 3.08. The van der Waals surface area contributed by atoms with Crippen molar-refractivity contribution in [1.82, 2.24) is 4.90 Å². The Bertz CT molecular complexity index is 821. The van der Waals surface area contributed by atoms with Gasteiger partial charge >= 0.3 is 5.97 Å². The zero-order chi connectivity index (χ0) is 19.4. The van der Waals surface area contributed by atoms with Gasteiger partial charge in [-0.15, -0.1) is 0 Å². The highest BCUT2D eigenvalue weighted by Crippen LogP contribution is 2.27. The highest BCUT2D eigenvalue weighted by molar-refractivity contribution is 6.30. The minimum Gasteiger partial charge on any atom is -0.488 e. The Balaban J connectivity index is 1.70. The van der Waals surface area contributed by atoms with E-state index < -0.39 is 11.9 Å². The molecule has 0 aromatic heterocycles. The van der Waals surface area contributed by atoms with Crippen LogP contribution in [0.1, 0.15) is 29.3 Å². The number of carbonyl (C=O) groups is 2. The lowest BCUT2D eigenvalue weighted by atomic mass is 9.87. The van der Waals surface area contributed by atoms with Gasteiger partial charge in [0.05, 0.1) is 11.5 Å². The maximum absolute atomic E-state index is 13.0. The van der Waals surface area contributed by atoms with Crippen LogP contribution < -0.4 is 4.74 Å². The van der Waals surface area contributed by atoms with Gasteiger partial charge in [-0.1, -0.05) is 42.8 Å². The van der Waals surface area contributed by atoms with E-state index in [9.17, 15) is 14.7 Å². The summed E-state index contributed by atoms with van der Waals surface area (Å²) < 4.78 is 5.88. The van der Waals surface area contributed by atoms with Gasteiger partial charge in [-0.2, -0.15) is 0 Å². The zero-order valence-corrected chi connectivity index (χ0v) is 15.9. The lowest BCUT2D eigenvalue weighted by molar-refractivity contribution is -0.145. The first-order valence-corrected chi connectivity index (χ1v) is 9.32. The van der Waals surface area contributed by atoms with Gasteiger partial charge in [-0.05, 0) is 42.2 Å². The number of halogens is 1. The standard InChI is InChI=1S/C21H22ClNO4/c1-14-12-23(11-10-17(14)21(25)26)20(24)18-4-2-3-5-19(18)27-13-15-6-8-16(22)9-7-15/h2-9,14,17H,10-13H2,1H3,(H,25,26). The van der Waals surface area contributed by atoms with E-state index in [1.807, 2.05) is 25.1 Å².